The molecule has 47 heavy (non-hydrogen) atoms. The highest BCUT2D eigenvalue weighted by Gasteiger charge is 2.29. The number of aliphatic hydroxyl groups is 1. The molecule has 0 saturated carbocycles. The van der Waals surface area contributed by atoms with Crippen molar-refractivity contribution in [1.29, 1.82) is 0 Å². The van der Waals surface area contributed by atoms with Gasteiger partial charge in [0, 0.05) is 44.6 Å². The Kier molecular flexibility index (Phi) is 10.4. The monoisotopic (exact) mass is 692 g/mol. The van der Waals surface area contributed by atoms with E-state index in [4.69, 9.17) is 49.0 Å². The summed E-state index contributed by atoms with van der Waals surface area (Å²) >= 11 is 18.1. The third kappa shape index (κ3) is 7.31. The predicted molar refractivity (Wildman–Crippen MR) is 183 cm³/mol. The maximum Gasteiger partial charge on any atom is 0.306 e. The molecule has 0 aromatic heterocycles. The molecule has 4 aliphatic rings. The van der Waals surface area contributed by atoms with E-state index in [1.165, 1.54) is 12.7 Å². The lowest BCUT2D eigenvalue weighted by atomic mass is 9.98. The molecular formula is C38H35Cl3O6. The molecule has 0 radical (unpaired) electrons. The van der Waals surface area contributed by atoms with E-state index in [-0.39, 0.29) is 29.9 Å². The van der Waals surface area contributed by atoms with Gasteiger partial charge in [-0.05, 0) is 84.2 Å². The predicted octanol–water partition coefficient (Wildman–Crippen LogP) is 9.23. The Labute approximate surface area is 289 Å². The van der Waals surface area contributed by atoms with Gasteiger partial charge >= 0.3 is 5.97 Å². The van der Waals surface area contributed by atoms with Crippen LogP contribution in [0.1, 0.15) is 87.5 Å². The molecule has 0 spiro atoms. The summed E-state index contributed by atoms with van der Waals surface area (Å²) in [5.74, 6) is 1.61. The Bertz CT molecular complexity index is 1800. The second-order valence-electron chi connectivity index (χ2n) is 12.0. The van der Waals surface area contributed by atoms with Crippen molar-refractivity contribution in [2.45, 2.75) is 63.1 Å². The number of fused-ring (bicyclic) bond motifs is 4. The number of carbonyl (C=O) groups excluding carboxylic acids is 2. The molecule has 1 N–H and O–H groups in total. The molecule has 1 aliphatic heterocycles. The first kappa shape index (κ1) is 33.4. The van der Waals surface area contributed by atoms with Crippen LogP contribution in [-0.4, -0.2) is 30.6 Å². The number of benzene rings is 4. The van der Waals surface area contributed by atoms with Gasteiger partial charge in [0.25, 0.3) is 0 Å². The Morgan fingerprint density at radius 3 is 2.17 bits per heavy atom. The van der Waals surface area contributed by atoms with Gasteiger partial charge in [-0.2, -0.15) is 0 Å². The topological polar surface area (TPSA) is 82.1 Å². The summed E-state index contributed by atoms with van der Waals surface area (Å²) in [6.07, 6.45) is 5.08. The second-order valence-corrected chi connectivity index (χ2v) is 13.2. The first-order valence-electron chi connectivity index (χ1n) is 15.8. The van der Waals surface area contributed by atoms with Crippen molar-refractivity contribution >= 4 is 46.6 Å². The Morgan fingerprint density at radius 1 is 0.809 bits per heavy atom. The molecule has 4 aromatic carbocycles. The maximum atomic E-state index is 11.5. The van der Waals surface area contributed by atoms with Gasteiger partial charge in [-0.15, -0.1) is 0 Å². The minimum absolute atomic E-state index is 0.0130. The zero-order chi connectivity index (χ0) is 33.1. The van der Waals surface area contributed by atoms with Crippen LogP contribution in [0, 0.1) is 0 Å². The number of esters is 1. The average molecular weight is 694 g/mol. The van der Waals surface area contributed by atoms with Crippen molar-refractivity contribution in [3.8, 4) is 11.5 Å². The van der Waals surface area contributed by atoms with E-state index in [0.717, 1.165) is 92.1 Å². The number of rotatable bonds is 4. The number of ether oxygens (including phenoxy) is 3. The van der Waals surface area contributed by atoms with Crippen molar-refractivity contribution in [2.75, 3.05) is 13.7 Å². The van der Waals surface area contributed by atoms with E-state index in [9.17, 15) is 14.7 Å². The third-order valence-corrected chi connectivity index (χ3v) is 10.2. The van der Waals surface area contributed by atoms with Crippen LogP contribution >= 0.6 is 34.8 Å². The summed E-state index contributed by atoms with van der Waals surface area (Å²) < 4.78 is 16.7. The molecule has 0 saturated heterocycles. The molecule has 4 aromatic rings. The molecule has 3 atom stereocenters. The van der Waals surface area contributed by atoms with E-state index in [2.05, 4.69) is 6.07 Å². The lowest BCUT2D eigenvalue weighted by molar-refractivity contribution is -0.141. The molecule has 0 amide bonds. The molecule has 0 unspecified atom stereocenters. The number of carbonyl (C=O) groups is 2. The number of hydrogen-bond donors (Lipinski definition) is 1. The highest BCUT2D eigenvalue weighted by molar-refractivity contribution is 6.32. The summed E-state index contributed by atoms with van der Waals surface area (Å²) in [6, 6.07) is 23.0. The van der Waals surface area contributed by atoms with E-state index in [1.54, 1.807) is 0 Å². The lowest BCUT2D eigenvalue weighted by Crippen LogP contribution is -2.09. The summed E-state index contributed by atoms with van der Waals surface area (Å²) in [7, 11) is 1.40. The van der Waals surface area contributed by atoms with E-state index in [1.807, 2.05) is 66.7 Å². The fourth-order valence-electron chi connectivity index (χ4n) is 6.68. The fourth-order valence-corrected chi connectivity index (χ4v) is 7.50. The van der Waals surface area contributed by atoms with E-state index in [0.29, 0.717) is 19.4 Å². The van der Waals surface area contributed by atoms with Crippen molar-refractivity contribution in [2.24, 2.45) is 0 Å². The van der Waals surface area contributed by atoms with Gasteiger partial charge in [-0.1, -0.05) is 77.3 Å². The third-order valence-electron chi connectivity index (χ3n) is 9.15. The van der Waals surface area contributed by atoms with Crippen molar-refractivity contribution < 1.29 is 28.9 Å². The molecular weight excluding hydrogens is 659 g/mol. The van der Waals surface area contributed by atoms with Gasteiger partial charge < -0.3 is 19.3 Å². The minimum atomic E-state index is -0.288. The first-order chi connectivity index (χ1) is 22.7. The van der Waals surface area contributed by atoms with Crippen LogP contribution in [0.15, 0.2) is 72.8 Å². The van der Waals surface area contributed by atoms with Crippen LogP contribution in [0.3, 0.4) is 0 Å². The normalized spacial score (nSPS) is 19.6. The minimum Gasteiger partial charge on any atom is -0.492 e. The molecule has 0 bridgehead atoms. The van der Waals surface area contributed by atoms with Gasteiger partial charge in [0.15, 0.2) is 5.78 Å². The zero-order valence-electron chi connectivity index (χ0n) is 25.9. The zero-order valence-corrected chi connectivity index (χ0v) is 28.2. The Morgan fingerprint density at radius 2 is 1.47 bits per heavy atom. The number of aliphatic hydroxyl groups excluding tert-OH is 1. The summed E-state index contributed by atoms with van der Waals surface area (Å²) in [5.41, 5.74) is 7.37. The SMILES string of the molecule is COC(=O)C[C@@H]1COc2cc(O[C@@H]3CCc4c(Cl)cccc43)ccc21.O=C1CCc2c(Cl)cccc21.O[C@H]1CCc2c(Cl)cccc21. The first-order valence-corrected chi connectivity index (χ1v) is 16.9. The number of halogens is 3. The molecule has 3 aliphatic carbocycles. The number of methoxy groups -OCH3 is 1. The maximum absolute atomic E-state index is 11.5. The van der Waals surface area contributed by atoms with Crippen LogP contribution in [0.25, 0.3) is 0 Å². The summed E-state index contributed by atoms with van der Waals surface area (Å²) in [5, 5.41) is 11.8. The number of Topliss-reactive ketones (excluding diaryl/α,β-unsaturated/α-hetero) is 1. The summed E-state index contributed by atoms with van der Waals surface area (Å²) in [6.45, 7) is 0.496. The van der Waals surface area contributed by atoms with E-state index < -0.39 is 0 Å². The number of hydrogen-bond acceptors (Lipinski definition) is 6. The van der Waals surface area contributed by atoms with Crippen molar-refractivity contribution in [1.82, 2.24) is 0 Å². The molecule has 6 nitrogen and oxygen atoms in total. The highest BCUT2D eigenvalue weighted by atomic mass is 35.5. The molecule has 244 valence electrons. The second kappa shape index (κ2) is 14.7. The van der Waals surface area contributed by atoms with Crippen LogP contribution in [-0.2, 0) is 28.8 Å². The Balaban J connectivity index is 0.000000144. The van der Waals surface area contributed by atoms with Crippen molar-refractivity contribution in [3.05, 3.63) is 127 Å². The molecule has 8 rings (SSSR count). The lowest BCUT2D eigenvalue weighted by Gasteiger charge is -2.16. The fraction of sp³-hybridized carbons (Fsp3) is 0.316. The Hall–Kier alpha value is -3.55. The molecule has 0 fully saturated rings. The molecule has 1 heterocycles. The van der Waals surface area contributed by atoms with Crippen LogP contribution < -0.4 is 9.47 Å². The standard InChI is InChI=1S/C20H19ClO4.C9H9ClO.C9H7ClO/c1-23-20(22)9-12-11-24-19-10-13(5-6-14(12)19)25-18-8-7-15-16(18)3-2-4-17(15)21;2*10-8-3-1-2-7-6(8)4-5-9(7)11/h2-6,10,12,18H,7-9,11H2,1H3;1-3,9,11H,4-5H2;1-3H,4-5H2/t12-,18-;9-;/m10./s1. The largest absolute Gasteiger partial charge is 0.492 e. The van der Waals surface area contributed by atoms with Gasteiger partial charge in [0.1, 0.15) is 17.6 Å². The van der Waals surface area contributed by atoms with Crippen LogP contribution in [0.5, 0.6) is 11.5 Å². The number of ketones is 1. The summed E-state index contributed by atoms with van der Waals surface area (Å²) in [4.78, 5) is 22.7. The van der Waals surface area contributed by atoms with Gasteiger partial charge in [-0.3, -0.25) is 9.59 Å². The van der Waals surface area contributed by atoms with Gasteiger partial charge in [0.05, 0.1) is 26.2 Å². The smallest absolute Gasteiger partial charge is 0.306 e. The van der Waals surface area contributed by atoms with Crippen LogP contribution in [0.4, 0.5) is 0 Å². The van der Waals surface area contributed by atoms with E-state index >= 15 is 0 Å². The van der Waals surface area contributed by atoms with Gasteiger partial charge in [-0.25, -0.2) is 0 Å². The quantitative estimate of drug-likeness (QED) is 0.215. The highest BCUT2D eigenvalue weighted by Crippen LogP contribution is 2.42. The van der Waals surface area contributed by atoms with Gasteiger partial charge in [0.2, 0.25) is 0 Å². The molecule has 9 heteroatoms. The van der Waals surface area contributed by atoms with Crippen LogP contribution in [0.2, 0.25) is 15.1 Å². The van der Waals surface area contributed by atoms with Crippen molar-refractivity contribution in [3.63, 3.8) is 0 Å². The average Bonchev–Trinajstić information content (AvgIpc) is 3.86.